The lowest BCUT2D eigenvalue weighted by Gasteiger charge is -2.24. The summed E-state index contributed by atoms with van der Waals surface area (Å²) in [4.78, 5) is 13.6. The van der Waals surface area contributed by atoms with E-state index in [9.17, 15) is 4.79 Å². The molecule has 2 aliphatic rings. The lowest BCUT2D eigenvalue weighted by atomic mass is 10.2. The third-order valence-electron chi connectivity index (χ3n) is 3.35. The third-order valence-corrected chi connectivity index (χ3v) is 4.75. The summed E-state index contributed by atoms with van der Waals surface area (Å²) in [5, 5.41) is 12.7. The van der Waals surface area contributed by atoms with Gasteiger partial charge in [-0.05, 0) is 31.4 Å². The molecule has 2 atom stereocenters. The Bertz CT molecular complexity index is 244. The fraction of sp³-hybridized carbons (Fsp3) is 0.909. The van der Waals surface area contributed by atoms with Gasteiger partial charge in [-0.15, -0.1) is 0 Å². The van der Waals surface area contributed by atoms with E-state index in [2.05, 4.69) is 5.32 Å². The summed E-state index contributed by atoms with van der Waals surface area (Å²) >= 11 is 1.95. The van der Waals surface area contributed by atoms with Crippen LogP contribution in [-0.4, -0.2) is 52.8 Å². The molecule has 1 unspecified atom stereocenters. The fourth-order valence-electron chi connectivity index (χ4n) is 2.40. The van der Waals surface area contributed by atoms with Crippen LogP contribution in [0.5, 0.6) is 0 Å². The number of nitrogens with zero attached hydrogens (tertiary/aromatic N) is 1. The number of nitrogens with one attached hydrogen (secondary N) is 1. The lowest BCUT2D eigenvalue weighted by molar-refractivity contribution is 0.157. The van der Waals surface area contributed by atoms with Gasteiger partial charge in [-0.2, -0.15) is 11.8 Å². The van der Waals surface area contributed by atoms with E-state index in [0.29, 0.717) is 5.25 Å². The number of likely N-dealkylation sites (tertiary alicyclic amines) is 1. The summed E-state index contributed by atoms with van der Waals surface area (Å²) in [6, 6.07) is 0.0419. The van der Waals surface area contributed by atoms with E-state index in [0.717, 1.165) is 25.9 Å². The van der Waals surface area contributed by atoms with Crippen molar-refractivity contribution in [2.45, 2.75) is 37.0 Å². The Morgan fingerprint density at radius 1 is 1.44 bits per heavy atom. The number of hydrogen-bond acceptors (Lipinski definition) is 3. The molecule has 2 N–H and O–H groups in total. The number of aliphatic hydroxyl groups excluding tert-OH is 1. The van der Waals surface area contributed by atoms with Crippen molar-refractivity contribution in [2.24, 2.45) is 0 Å². The Labute approximate surface area is 101 Å². The van der Waals surface area contributed by atoms with E-state index in [-0.39, 0.29) is 18.7 Å². The minimum Gasteiger partial charge on any atom is -0.394 e. The van der Waals surface area contributed by atoms with Gasteiger partial charge in [0.05, 0.1) is 12.6 Å². The highest BCUT2D eigenvalue weighted by atomic mass is 32.2. The van der Waals surface area contributed by atoms with Crippen molar-refractivity contribution in [1.82, 2.24) is 10.2 Å². The smallest absolute Gasteiger partial charge is 0.317 e. The predicted octanol–water partition coefficient (Wildman–Crippen LogP) is 1.05. The highest BCUT2D eigenvalue weighted by molar-refractivity contribution is 8.00. The average molecular weight is 244 g/mol. The van der Waals surface area contributed by atoms with Gasteiger partial charge >= 0.3 is 6.03 Å². The average Bonchev–Trinajstić information content (AvgIpc) is 2.96. The second-order valence-corrected chi connectivity index (χ2v) is 5.90. The molecule has 2 fully saturated rings. The number of urea groups is 1. The second kappa shape index (κ2) is 5.77. The van der Waals surface area contributed by atoms with Gasteiger partial charge in [0.25, 0.3) is 0 Å². The van der Waals surface area contributed by atoms with Crippen molar-refractivity contribution >= 4 is 17.8 Å². The molecule has 16 heavy (non-hydrogen) atoms. The van der Waals surface area contributed by atoms with Gasteiger partial charge in [-0.25, -0.2) is 4.79 Å². The molecule has 0 bridgehead atoms. The number of hydrogen-bond donors (Lipinski definition) is 2. The fourth-order valence-corrected chi connectivity index (χ4v) is 3.60. The van der Waals surface area contributed by atoms with Crippen LogP contribution in [0.1, 0.15) is 25.7 Å². The molecule has 2 aliphatic heterocycles. The van der Waals surface area contributed by atoms with Crippen molar-refractivity contribution in [3.63, 3.8) is 0 Å². The summed E-state index contributed by atoms with van der Waals surface area (Å²) in [7, 11) is 0. The molecule has 0 aromatic heterocycles. The van der Waals surface area contributed by atoms with E-state index >= 15 is 0 Å². The third kappa shape index (κ3) is 2.83. The summed E-state index contributed by atoms with van der Waals surface area (Å²) in [6.45, 7) is 1.65. The molecule has 5 heteroatoms. The van der Waals surface area contributed by atoms with Crippen molar-refractivity contribution < 1.29 is 9.90 Å². The first-order valence-electron chi connectivity index (χ1n) is 6.08. The van der Waals surface area contributed by atoms with Gasteiger partial charge in [0.2, 0.25) is 0 Å². The largest absolute Gasteiger partial charge is 0.394 e. The summed E-state index contributed by atoms with van der Waals surface area (Å²) < 4.78 is 0. The van der Waals surface area contributed by atoms with E-state index < -0.39 is 0 Å². The van der Waals surface area contributed by atoms with Crippen molar-refractivity contribution in [3.8, 4) is 0 Å². The summed E-state index contributed by atoms with van der Waals surface area (Å²) in [5.41, 5.74) is 0. The zero-order valence-electron chi connectivity index (χ0n) is 9.52. The number of rotatable bonds is 3. The Morgan fingerprint density at radius 3 is 3.00 bits per heavy atom. The van der Waals surface area contributed by atoms with Crippen LogP contribution in [0.3, 0.4) is 0 Å². The lowest BCUT2D eigenvalue weighted by Crippen LogP contribution is -2.45. The zero-order valence-corrected chi connectivity index (χ0v) is 10.3. The Kier molecular flexibility index (Phi) is 4.35. The highest BCUT2D eigenvalue weighted by Gasteiger charge is 2.28. The minimum atomic E-state index is 0.00375. The molecule has 0 aromatic rings. The van der Waals surface area contributed by atoms with Gasteiger partial charge in [0.15, 0.2) is 0 Å². The summed E-state index contributed by atoms with van der Waals surface area (Å²) in [5.74, 6) is 1.23. The molecule has 0 radical (unpaired) electrons. The predicted molar refractivity (Wildman–Crippen MR) is 65.7 cm³/mol. The molecule has 92 valence electrons. The van der Waals surface area contributed by atoms with Crippen molar-refractivity contribution in [2.75, 3.05) is 25.4 Å². The molecule has 0 spiro atoms. The maximum atomic E-state index is 11.9. The van der Waals surface area contributed by atoms with Gasteiger partial charge in [-0.1, -0.05) is 0 Å². The molecule has 2 rings (SSSR count). The molecule has 2 saturated heterocycles. The van der Waals surface area contributed by atoms with E-state index in [1.807, 2.05) is 11.8 Å². The van der Waals surface area contributed by atoms with Crippen LogP contribution in [0.2, 0.25) is 0 Å². The number of thioether (sulfide) groups is 1. The van der Waals surface area contributed by atoms with Crippen LogP contribution in [0.15, 0.2) is 0 Å². The Morgan fingerprint density at radius 2 is 2.31 bits per heavy atom. The number of aliphatic hydroxyl groups is 1. The second-order valence-electron chi connectivity index (χ2n) is 4.49. The zero-order chi connectivity index (χ0) is 11.4. The first-order valence-corrected chi connectivity index (χ1v) is 7.13. The summed E-state index contributed by atoms with van der Waals surface area (Å²) in [6.07, 6.45) is 4.43. The first kappa shape index (κ1) is 12.0. The minimum absolute atomic E-state index is 0.00375. The molecular formula is C11H20N2O2S. The number of amides is 2. The van der Waals surface area contributed by atoms with E-state index in [1.165, 1.54) is 18.6 Å². The van der Waals surface area contributed by atoms with Crippen LogP contribution < -0.4 is 5.32 Å². The first-order chi connectivity index (χ1) is 7.81. The van der Waals surface area contributed by atoms with Gasteiger partial charge in [0.1, 0.15) is 0 Å². The molecule has 4 nitrogen and oxygen atoms in total. The van der Waals surface area contributed by atoms with Gasteiger partial charge < -0.3 is 15.3 Å². The highest BCUT2D eigenvalue weighted by Crippen LogP contribution is 2.25. The maximum Gasteiger partial charge on any atom is 0.317 e. The van der Waals surface area contributed by atoms with Gasteiger partial charge in [-0.3, -0.25) is 0 Å². The number of carbonyl (C=O) groups excluding carboxylic acids is 1. The van der Waals surface area contributed by atoms with Crippen molar-refractivity contribution in [1.29, 1.82) is 0 Å². The quantitative estimate of drug-likeness (QED) is 0.780. The Hall–Kier alpha value is -0.420. The normalized spacial score (nSPS) is 29.7. The van der Waals surface area contributed by atoms with Crippen LogP contribution in [-0.2, 0) is 0 Å². The van der Waals surface area contributed by atoms with Gasteiger partial charge in [0, 0.05) is 18.3 Å². The van der Waals surface area contributed by atoms with Crippen LogP contribution in [0, 0.1) is 0 Å². The van der Waals surface area contributed by atoms with Crippen LogP contribution in [0.4, 0.5) is 4.79 Å². The number of carbonyl (C=O) groups is 1. The molecule has 2 heterocycles. The molecule has 0 saturated carbocycles. The van der Waals surface area contributed by atoms with Crippen LogP contribution in [0.25, 0.3) is 0 Å². The molecular weight excluding hydrogens is 224 g/mol. The standard InChI is InChI=1S/C11H20N2O2S/c14-8-9-3-1-5-13(9)11(15)12-7-10-4-2-6-16-10/h9-10,14H,1-8H2,(H,12,15)/t9-,10?/m1/s1. The molecule has 0 aromatic carbocycles. The van der Waals surface area contributed by atoms with Crippen molar-refractivity contribution in [3.05, 3.63) is 0 Å². The van der Waals surface area contributed by atoms with Crippen LogP contribution >= 0.6 is 11.8 Å². The maximum absolute atomic E-state index is 11.9. The SMILES string of the molecule is O=C(NCC1CCCS1)N1CCC[C@@H]1CO. The molecule has 2 amide bonds. The topological polar surface area (TPSA) is 52.6 Å². The Balaban J connectivity index is 1.74. The van der Waals surface area contributed by atoms with E-state index in [4.69, 9.17) is 5.11 Å². The monoisotopic (exact) mass is 244 g/mol. The van der Waals surface area contributed by atoms with E-state index in [1.54, 1.807) is 4.90 Å². The molecule has 0 aliphatic carbocycles.